The Bertz CT molecular complexity index is 552. The maximum atomic E-state index is 12.4. The lowest BCUT2D eigenvalue weighted by atomic mass is 9.78. The summed E-state index contributed by atoms with van der Waals surface area (Å²) >= 11 is 0. The quantitative estimate of drug-likeness (QED) is 0.897. The molecule has 0 radical (unpaired) electrons. The normalized spacial score (nSPS) is 23.2. The fourth-order valence-corrected chi connectivity index (χ4v) is 4.12. The summed E-state index contributed by atoms with van der Waals surface area (Å²) in [5.41, 5.74) is 2.74. The number of benzene rings is 1. The Hall–Kier alpha value is -1.55. The predicted molar refractivity (Wildman–Crippen MR) is 91.5 cm³/mol. The summed E-state index contributed by atoms with van der Waals surface area (Å²) in [6.07, 6.45) is 5.68. The van der Waals surface area contributed by atoms with E-state index in [-0.39, 0.29) is 24.0 Å². The van der Waals surface area contributed by atoms with E-state index in [1.807, 2.05) is 4.90 Å². The maximum absolute atomic E-state index is 12.4. The zero-order valence-corrected chi connectivity index (χ0v) is 14.1. The molecule has 126 valence electrons. The summed E-state index contributed by atoms with van der Waals surface area (Å²) in [6.45, 7) is 4.46. The van der Waals surface area contributed by atoms with Crippen molar-refractivity contribution in [3.8, 4) is 0 Å². The van der Waals surface area contributed by atoms with Crippen molar-refractivity contribution in [1.82, 2.24) is 10.2 Å². The van der Waals surface area contributed by atoms with E-state index < -0.39 is 0 Å². The number of likely N-dealkylation sites (tertiary alicyclic amines) is 1. The summed E-state index contributed by atoms with van der Waals surface area (Å²) in [5.74, 6) is 0.248. The monoisotopic (exact) mass is 316 g/mol. The van der Waals surface area contributed by atoms with Crippen LogP contribution in [0.1, 0.15) is 43.2 Å². The fourth-order valence-electron chi connectivity index (χ4n) is 4.12. The zero-order chi connectivity index (χ0) is 16.3. The molecular weight excluding hydrogens is 288 g/mol. The van der Waals surface area contributed by atoms with Gasteiger partial charge in [-0.05, 0) is 31.7 Å². The average molecular weight is 316 g/mol. The molecule has 0 spiro atoms. The SMILES string of the molecule is Cc1cccc(C2(CNC(=O)N3CCC(CO)C3)CCCC2)c1. The molecule has 1 atom stereocenters. The molecule has 1 aromatic rings. The predicted octanol–water partition coefficient (Wildman–Crippen LogP) is 2.83. The van der Waals surface area contributed by atoms with Crippen LogP contribution < -0.4 is 5.32 Å². The van der Waals surface area contributed by atoms with Gasteiger partial charge in [0.2, 0.25) is 0 Å². The summed E-state index contributed by atoms with van der Waals surface area (Å²) in [6, 6.07) is 8.76. The van der Waals surface area contributed by atoms with Crippen LogP contribution in [0, 0.1) is 12.8 Å². The maximum Gasteiger partial charge on any atom is 0.317 e. The second-order valence-corrected chi connectivity index (χ2v) is 7.30. The number of urea groups is 1. The first-order chi connectivity index (χ1) is 11.1. The molecule has 4 heteroatoms. The molecule has 1 aliphatic carbocycles. The highest BCUT2D eigenvalue weighted by Crippen LogP contribution is 2.40. The molecule has 1 aliphatic heterocycles. The first-order valence-electron chi connectivity index (χ1n) is 8.84. The lowest BCUT2D eigenvalue weighted by Gasteiger charge is -2.31. The van der Waals surface area contributed by atoms with E-state index >= 15 is 0 Å². The Kier molecular flexibility index (Phi) is 4.90. The van der Waals surface area contributed by atoms with Gasteiger partial charge >= 0.3 is 6.03 Å². The highest BCUT2D eigenvalue weighted by Gasteiger charge is 2.36. The number of carbonyl (C=O) groups excluding carboxylic acids is 1. The number of aliphatic hydroxyl groups is 1. The Balaban J connectivity index is 1.65. The third-order valence-corrected chi connectivity index (χ3v) is 5.60. The summed E-state index contributed by atoms with van der Waals surface area (Å²) < 4.78 is 0. The summed E-state index contributed by atoms with van der Waals surface area (Å²) in [4.78, 5) is 14.3. The van der Waals surface area contributed by atoms with Crippen LogP contribution in [0.2, 0.25) is 0 Å². The van der Waals surface area contributed by atoms with Gasteiger partial charge < -0.3 is 15.3 Å². The number of amides is 2. The lowest BCUT2D eigenvalue weighted by Crippen LogP contribution is -2.45. The summed E-state index contributed by atoms with van der Waals surface area (Å²) in [5, 5.41) is 12.4. The molecule has 4 nitrogen and oxygen atoms in total. The first-order valence-corrected chi connectivity index (χ1v) is 8.84. The van der Waals surface area contributed by atoms with Gasteiger partial charge in [-0.25, -0.2) is 4.79 Å². The molecule has 1 heterocycles. The molecule has 1 aromatic carbocycles. The van der Waals surface area contributed by atoms with Crippen molar-refractivity contribution in [1.29, 1.82) is 0 Å². The molecule has 2 N–H and O–H groups in total. The minimum atomic E-state index is 0.0277. The van der Waals surface area contributed by atoms with Gasteiger partial charge in [-0.3, -0.25) is 0 Å². The molecule has 3 rings (SSSR count). The third-order valence-electron chi connectivity index (χ3n) is 5.60. The van der Waals surface area contributed by atoms with Crippen molar-refractivity contribution < 1.29 is 9.90 Å². The molecule has 23 heavy (non-hydrogen) atoms. The van der Waals surface area contributed by atoms with Crippen molar-refractivity contribution in [2.45, 2.75) is 44.4 Å². The number of aryl methyl sites for hydroxylation is 1. The minimum absolute atomic E-state index is 0.0277. The molecule has 1 saturated heterocycles. The number of nitrogens with one attached hydrogen (secondary N) is 1. The number of carbonyl (C=O) groups is 1. The standard InChI is InChI=1S/C19H28N2O2/c1-15-5-4-6-17(11-15)19(8-2-3-9-19)14-20-18(23)21-10-7-16(12-21)13-22/h4-6,11,16,22H,2-3,7-10,12-14H2,1H3,(H,20,23). The van der Waals surface area contributed by atoms with Crippen LogP contribution in [-0.4, -0.2) is 42.3 Å². The minimum Gasteiger partial charge on any atom is -0.396 e. The second kappa shape index (κ2) is 6.91. The van der Waals surface area contributed by atoms with E-state index in [1.54, 1.807) is 0 Å². The van der Waals surface area contributed by atoms with E-state index in [0.717, 1.165) is 32.4 Å². The number of aliphatic hydroxyl groups excluding tert-OH is 1. The van der Waals surface area contributed by atoms with Crippen LogP contribution in [0.5, 0.6) is 0 Å². The van der Waals surface area contributed by atoms with Gasteiger partial charge in [0.25, 0.3) is 0 Å². The van der Waals surface area contributed by atoms with Gasteiger partial charge in [0, 0.05) is 37.6 Å². The van der Waals surface area contributed by atoms with Crippen LogP contribution in [0.25, 0.3) is 0 Å². The topological polar surface area (TPSA) is 52.6 Å². The smallest absolute Gasteiger partial charge is 0.317 e. The Morgan fingerprint density at radius 3 is 2.83 bits per heavy atom. The van der Waals surface area contributed by atoms with Crippen molar-refractivity contribution in [2.24, 2.45) is 5.92 Å². The molecule has 1 unspecified atom stereocenters. The molecule has 2 amide bonds. The van der Waals surface area contributed by atoms with E-state index in [9.17, 15) is 9.90 Å². The van der Waals surface area contributed by atoms with Gasteiger partial charge in [-0.15, -0.1) is 0 Å². The Labute approximate surface area is 138 Å². The van der Waals surface area contributed by atoms with E-state index in [0.29, 0.717) is 6.54 Å². The molecule has 0 bridgehead atoms. The lowest BCUT2D eigenvalue weighted by molar-refractivity contribution is 0.195. The number of rotatable bonds is 4. The summed E-state index contributed by atoms with van der Waals surface area (Å²) in [7, 11) is 0. The van der Waals surface area contributed by atoms with Gasteiger partial charge in [0.1, 0.15) is 0 Å². The molecular formula is C19H28N2O2. The van der Waals surface area contributed by atoms with Gasteiger partial charge in [0.05, 0.1) is 0 Å². The fraction of sp³-hybridized carbons (Fsp3) is 0.632. The molecule has 2 aliphatic rings. The van der Waals surface area contributed by atoms with Gasteiger partial charge in [0.15, 0.2) is 0 Å². The van der Waals surface area contributed by atoms with Crippen LogP contribution in [0.3, 0.4) is 0 Å². The first kappa shape index (κ1) is 16.3. The number of nitrogens with zero attached hydrogens (tertiary/aromatic N) is 1. The van der Waals surface area contributed by atoms with Crippen molar-refractivity contribution in [3.05, 3.63) is 35.4 Å². The van der Waals surface area contributed by atoms with Gasteiger partial charge in [-0.2, -0.15) is 0 Å². The Morgan fingerprint density at radius 1 is 1.39 bits per heavy atom. The van der Waals surface area contributed by atoms with Crippen LogP contribution in [-0.2, 0) is 5.41 Å². The van der Waals surface area contributed by atoms with Crippen LogP contribution in [0.4, 0.5) is 4.79 Å². The van der Waals surface area contributed by atoms with Crippen LogP contribution >= 0.6 is 0 Å². The average Bonchev–Trinajstić information content (AvgIpc) is 3.23. The third kappa shape index (κ3) is 3.52. The van der Waals surface area contributed by atoms with Crippen molar-refractivity contribution >= 4 is 6.03 Å². The molecule has 0 aromatic heterocycles. The molecule has 1 saturated carbocycles. The zero-order valence-electron chi connectivity index (χ0n) is 14.1. The highest BCUT2D eigenvalue weighted by atomic mass is 16.3. The van der Waals surface area contributed by atoms with Crippen molar-refractivity contribution in [3.63, 3.8) is 0 Å². The number of hydrogen-bond acceptors (Lipinski definition) is 2. The Morgan fingerprint density at radius 2 is 2.17 bits per heavy atom. The van der Waals surface area contributed by atoms with Gasteiger partial charge in [-0.1, -0.05) is 42.7 Å². The largest absolute Gasteiger partial charge is 0.396 e. The van der Waals surface area contributed by atoms with Crippen LogP contribution in [0.15, 0.2) is 24.3 Å². The van der Waals surface area contributed by atoms with Crippen molar-refractivity contribution in [2.75, 3.05) is 26.2 Å². The van der Waals surface area contributed by atoms with E-state index in [1.165, 1.54) is 24.0 Å². The number of hydrogen-bond donors (Lipinski definition) is 2. The van der Waals surface area contributed by atoms with E-state index in [2.05, 4.69) is 36.5 Å². The highest BCUT2D eigenvalue weighted by molar-refractivity contribution is 5.74. The second-order valence-electron chi connectivity index (χ2n) is 7.30. The molecule has 2 fully saturated rings. The van der Waals surface area contributed by atoms with E-state index in [4.69, 9.17) is 0 Å².